The summed E-state index contributed by atoms with van der Waals surface area (Å²) >= 11 is 5.01. The van der Waals surface area contributed by atoms with Crippen LogP contribution >= 0.6 is 12.2 Å². The zero-order chi connectivity index (χ0) is 9.10. The highest BCUT2D eigenvalue weighted by molar-refractivity contribution is 7.71. The number of nitrogens with zero attached hydrogens (tertiary/aromatic N) is 2. The van der Waals surface area contributed by atoms with Crippen molar-refractivity contribution in [1.82, 2.24) is 9.97 Å². The number of rotatable bonds is 1. The Balaban J connectivity index is 2.19. The van der Waals surface area contributed by atoms with Gasteiger partial charge in [0, 0.05) is 19.2 Å². The number of anilines is 1. The van der Waals surface area contributed by atoms with Crippen molar-refractivity contribution >= 4 is 18.0 Å². The summed E-state index contributed by atoms with van der Waals surface area (Å²) in [7, 11) is 0. The molecule has 1 saturated heterocycles. The van der Waals surface area contributed by atoms with Crippen LogP contribution in [0.15, 0.2) is 12.4 Å². The molecule has 1 aromatic rings. The smallest absolute Gasteiger partial charge is 0.131 e. The van der Waals surface area contributed by atoms with E-state index in [1.807, 2.05) is 6.07 Å². The molecule has 0 atom stereocenters. The lowest BCUT2D eigenvalue weighted by Gasteiger charge is -2.27. The van der Waals surface area contributed by atoms with Crippen molar-refractivity contribution in [2.24, 2.45) is 0 Å². The molecule has 0 bridgehead atoms. The number of H-pyrrole nitrogens is 1. The maximum absolute atomic E-state index is 5.01. The molecule has 0 spiro atoms. The summed E-state index contributed by atoms with van der Waals surface area (Å²) in [5, 5.41) is 0. The average molecular weight is 195 g/mol. The molecule has 1 N–H and O–H groups in total. The molecule has 1 aliphatic heterocycles. The molecule has 13 heavy (non-hydrogen) atoms. The molecule has 0 aromatic carbocycles. The van der Waals surface area contributed by atoms with Crippen LogP contribution in [0.3, 0.4) is 0 Å². The second-order valence-electron chi connectivity index (χ2n) is 3.32. The maximum atomic E-state index is 5.01. The molecule has 0 unspecified atom stereocenters. The molecule has 1 aliphatic rings. The Bertz CT molecular complexity index is 328. The number of hydrogen-bond donors (Lipinski definition) is 1. The normalized spacial score (nSPS) is 17.4. The average Bonchev–Trinajstić information content (AvgIpc) is 2.19. The van der Waals surface area contributed by atoms with Crippen LogP contribution in [0.2, 0.25) is 0 Å². The quantitative estimate of drug-likeness (QED) is 0.697. The second kappa shape index (κ2) is 3.87. The highest BCUT2D eigenvalue weighted by Crippen LogP contribution is 2.16. The summed E-state index contributed by atoms with van der Waals surface area (Å²) in [6.45, 7) is 2.27. The Morgan fingerprint density at radius 2 is 2.08 bits per heavy atom. The largest absolute Gasteiger partial charge is 0.358 e. The Hall–Kier alpha value is -0.900. The molecule has 0 saturated carbocycles. The number of piperidine rings is 1. The van der Waals surface area contributed by atoms with Crippen molar-refractivity contribution < 1.29 is 0 Å². The highest BCUT2D eigenvalue weighted by Gasteiger charge is 2.10. The lowest BCUT2D eigenvalue weighted by atomic mass is 10.1. The predicted octanol–water partition coefficient (Wildman–Crippen LogP) is 2.13. The van der Waals surface area contributed by atoms with Gasteiger partial charge < -0.3 is 9.88 Å². The summed E-state index contributed by atoms with van der Waals surface area (Å²) < 4.78 is 0.666. The molecule has 0 amide bonds. The van der Waals surface area contributed by atoms with Crippen molar-refractivity contribution in [3.8, 4) is 0 Å². The lowest BCUT2D eigenvalue weighted by molar-refractivity contribution is 0.573. The molecular weight excluding hydrogens is 182 g/mol. The molecule has 2 rings (SSSR count). The van der Waals surface area contributed by atoms with Gasteiger partial charge in [-0.25, -0.2) is 4.98 Å². The van der Waals surface area contributed by atoms with Crippen molar-refractivity contribution in [2.45, 2.75) is 19.3 Å². The third-order valence-electron chi connectivity index (χ3n) is 2.36. The summed E-state index contributed by atoms with van der Waals surface area (Å²) in [6, 6.07) is 1.93. The zero-order valence-electron chi connectivity index (χ0n) is 7.49. The molecule has 1 fully saturated rings. The van der Waals surface area contributed by atoms with Gasteiger partial charge in [-0.05, 0) is 19.3 Å². The number of nitrogens with one attached hydrogen (secondary N) is 1. The zero-order valence-corrected chi connectivity index (χ0v) is 8.31. The minimum atomic E-state index is 0.666. The monoisotopic (exact) mass is 195 g/mol. The third kappa shape index (κ3) is 2.06. The van der Waals surface area contributed by atoms with Gasteiger partial charge in [-0.2, -0.15) is 0 Å². The van der Waals surface area contributed by atoms with Gasteiger partial charge in [0.15, 0.2) is 0 Å². The molecule has 2 heterocycles. The third-order valence-corrected chi connectivity index (χ3v) is 2.58. The number of hydrogen-bond acceptors (Lipinski definition) is 3. The van der Waals surface area contributed by atoms with Gasteiger partial charge in [0.2, 0.25) is 0 Å². The first-order valence-corrected chi connectivity index (χ1v) is 5.07. The van der Waals surface area contributed by atoms with E-state index in [-0.39, 0.29) is 0 Å². The van der Waals surface area contributed by atoms with Crippen LogP contribution < -0.4 is 4.90 Å². The standard InChI is InChI=1S/C9H13N3S/c13-9-6-8(10-7-11-9)12-4-2-1-3-5-12/h6-7H,1-5H2,(H,10,11,13). The number of aromatic amines is 1. The van der Waals surface area contributed by atoms with E-state index in [4.69, 9.17) is 12.2 Å². The Labute approximate surface area is 82.8 Å². The van der Waals surface area contributed by atoms with Crippen LogP contribution in [-0.4, -0.2) is 23.1 Å². The molecule has 1 aromatic heterocycles. The van der Waals surface area contributed by atoms with Gasteiger partial charge in [-0.3, -0.25) is 0 Å². The van der Waals surface area contributed by atoms with E-state index in [1.165, 1.54) is 19.3 Å². The van der Waals surface area contributed by atoms with Crippen LogP contribution in [0.5, 0.6) is 0 Å². The fourth-order valence-corrected chi connectivity index (χ4v) is 1.84. The van der Waals surface area contributed by atoms with Gasteiger partial charge in [-0.1, -0.05) is 12.2 Å². The first-order chi connectivity index (χ1) is 6.36. The number of aromatic nitrogens is 2. The van der Waals surface area contributed by atoms with Crippen molar-refractivity contribution in [1.29, 1.82) is 0 Å². The van der Waals surface area contributed by atoms with Crippen LogP contribution in [0, 0.1) is 4.64 Å². The van der Waals surface area contributed by atoms with E-state index in [0.29, 0.717) is 4.64 Å². The Kier molecular flexibility index (Phi) is 2.59. The Morgan fingerprint density at radius 3 is 2.77 bits per heavy atom. The molecular formula is C9H13N3S. The van der Waals surface area contributed by atoms with Gasteiger partial charge in [0.25, 0.3) is 0 Å². The van der Waals surface area contributed by atoms with Crippen molar-refractivity contribution in [2.75, 3.05) is 18.0 Å². The van der Waals surface area contributed by atoms with E-state index in [2.05, 4.69) is 14.9 Å². The summed E-state index contributed by atoms with van der Waals surface area (Å²) in [5.74, 6) is 1.11. The highest BCUT2D eigenvalue weighted by atomic mass is 32.1. The SMILES string of the molecule is S=c1cc(N2CCCCC2)[nH]cn1. The minimum Gasteiger partial charge on any atom is -0.358 e. The molecule has 3 nitrogen and oxygen atoms in total. The van der Waals surface area contributed by atoms with Crippen molar-refractivity contribution in [3.05, 3.63) is 17.0 Å². The van der Waals surface area contributed by atoms with Gasteiger partial charge in [0.05, 0.1) is 6.33 Å². The molecule has 4 heteroatoms. The van der Waals surface area contributed by atoms with Gasteiger partial charge in [0.1, 0.15) is 10.5 Å². The first kappa shape index (κ1) is 8.69. The summed E-state index contributed by atoms with van der Waals surface area (Å²) in [6.07, 6.45) is 5.58. The molecule has 0 radical (unpaired) electrons. The van der Waals surface area contributed by atoms with E-state index >= 15 is 0 Å². The van der Waals surface area contributed by atoms with Crippen LogP contribution in [0.4, 0.5) is 5.82 Å². The topological polar surface area (TPSA) is 31.9 Å². The predicted molar refractivity (Wildman–Crippen MR) is 55.5 cm³/mol. The van der Waals surface area contributed by atoms with E-state index in [1.54, 1.807) is 6.33 Å². The minimum absolute atomic E-state index is 0.666. The first-order valence-electron chi connectivity index (χ1n) is 4.66. The lowest BCUT2D eigenvalue weighted by Crippen LogP contribution is -2.30. The summed E-state index contributed by atoms with van der Waals surface area (Å²) in [5.41, 5.74) is 0. The van der Waals surface area contributed by atoms with Gasteiger partial charge >= 0.3 is 0 Å². The fraction of sp³-hybridized carbons (Fsp3) is 0.556. The Morgan fingerprint density at radius 1 is 1.31 bits per heavy atom. The summed E-state index contributed by atoms with van der Waals surface area (Å²) in [4.78, 5) is 9.43. The van der Waals surface area contributed by atoms with E-state index in [0.717, 1.165) is 18.9 Å². The second-order valence-corrected chi connectivity index (χ2v) is 3.74. The van der Waals surface area contributed by atoms with Gasteiger partial charge in [-0.15, -0.1) is 0 Å². The van der Waals surface area contributed by atoms with Crippen LogP contribution in [0.25, 0.3) is 0 Å². The molecule has 70 valence electrons. The van der Waals surface area contributed by atoms with Crippen LogP contribution in [0.1, 0.15) is 19.3 Å². The van der Waals surface area contributed by atoms with E-state index in [9.17, 15) is 0 Å². The van der Waals surface area contributed by atoms with Crippen molar-refractivity contribution in [3.63, 3.8) is 0 Å². The molecule has 0 aliphatic carbocycles. The van der Waals surface area contributed by atoms with Crippen LogP contribution in [-0.2, 0) is 0 Å². The maximum Gasteiger partial charge on any atom is 0.131 e. The fourth-order valence-electron chi connectivity index (χ4n) is 1.68. The van der Waals surface area contributed by atoms with E-state index < -0.39 is 0 Å².